The Balaban J connectivity index is 1.16. The minimum Gasteiger partial charge on any atom is -0.458 e. The van der Waals surface area contributed by atoms with Gasteiger partial charge in [-0.3, -0.25) is 0 Å². The van der Waals surface area contributed by atoms with Gasteiger partial charge in [-0.25, -0.2) is 0 Å². The number of nitrogens with zero attached hydrogens (tertiary/aromatic N) is 1. The molecule has 0 fully saturated rings. The summed E-state index contributed by atoms with van der Waals surface area (Å²) in [6, 6.07) is 59.3. The van der Waals surface area contributed by atoms with Crippen LogP contribution in [0.15, 0.2) is 174 Å². The maximum Gasteiger partial charge on any atom is 0.260 e. The van der Waals surface area contributed by atoms with E-state index in [1.165, 1.54) is 0 Å². The molecule has 0 amide bonds. The molecule has 8 aromatic carbocycles. The minimum atomic E-state index is -0.0647. The Hall–Kier alpha value is -6.72. The van der Waals surface area contributed by atoms with Gasteiger partial charge < -0.3 is 18.8 Å². The Labute approximate surface area is 294 Å². The van der Waals surface area contributed by atoms with Crippen molar-refractivity contribution in [2.24, 2.45) is 0 Å². The summed E-state index contributed by atoms with van der Waals surface area (Å²) >= 11 is 0. The molecular weight excluding hydrogens is 625 g/mol. The lowest BCUT2D eigenvalue weighted by Crippen LogP contribution is -2.57. The Morgan fingerprint density at radius 1 is 0.412 bits per heavy atom. The third-order valence-electron chi connectivity index (χ3n) is 10.3. The zero-order valence-electron chi connectivity index (χ0n) is 27.4. The molecule has 2 aliphatic rings. The third kappa shape index (κ3) is 4.28. The summed E-state index contributed by atoms with van der Waals surface area (Å²) in [5.41, 5.74) is 10.3. The van der Waals surface area contributed by atoms with Crippen molar-refractivity contribution in [3.05, 3.63) is 170 Å². The lowest BCUT2D eigenvalue weighted by atomic mass is 9.35. The first kappa shape index (κ1) is 28.2. The standard InChI is InChI=1S/C46H28BNO3/c1-4-14-29(15-5-1)30-24-43-46-44(25-30)51-41-26-35-40(27-37(41)47(46)36-22-12-13-23-39(36)49-43)50-42-28-38(33-20-10-11-21-34(33)45(35)42)48(31-16-6-2-7-17-31)32-18-8-3-9-19-32/h1-28H. The third-order valence-corrected chi connectivity index (χ3v) is 10.3. The highest BCUT2D eigenvalue weighted by Crippen LogP contribution is 2.46. The van der Waals surface area contributed by atoms with Gasteiger partial charge in [0, 0.05) is 39.1 Å². The molecule has 9 aromatic rings. The molecule has 0 atom stereocenters. The van der Waals surface area contributed by atoms with Gasteiger partial charge in [0.05, 0.1) is 5.69 Å². The molecule has 0 saturated carbocycles. The fourth-order valence-electron chi connectivity index (χ4n) is 8.12. The van der Waals surface area contributed by atoms with Crippen molar-refractivity contribution < 1.29 is 13.9 Å². The normalized spacial score (nSPS) is 12.6. The molecule has 0 bridgehead atoms. The van der Waals surface area contributed by atoms with Crippen LogP contribution in [0.3, 0.4) is 0 Å². The van der Waals surface area contributed by atoms with Crippen LogP contribution in [0.4, 0.5) is 17.1 Å². The molecule has 0 radical (unpaired) electrons. The molecule has 4 nitrogen and oxygen atoms in total. The van der Waals surface area contributed by atoms with E-state index < -0.39 is 0 Å². The number of furan rings is 1. The monoisotopic (exact) mass is 653 g/mol. The molecular formula is C46H28BNO3. The van der Waals surface area contributed by atoms with Crippen molar-refractivity contribution in [2.75, 3.05) is 4.90 Å². The zero-order valence-corrected chi connectivity index (χ0v) is 27.4. The zero-order chi connectivity index (χ0) is 33.5. The predicted octanol–water partition coefficient (Wildman–Crippen LogP) is 10.6. The van der Waals surface area contributed by atoms with E-state index >= 15 is 0 Å². The average Bonchev–Trinajstić information content (AvgIpc) is 3.55. The summed E-state index contributed by atoms with van der Waals surface area (Å²) in [6.45, 7) is -0.0647. The number of hydrogen-bond acceptors (Lipinski definition) is 4. The van der Waals surface area contributed by atoms with E-state index in [-0.39, 0.29) is 6.71 Å². The van der Waals surface area contributed by atoms with Crippen molar-refractivity contribution in [3.63, 3.8) is 0 Å². The van der Waals surface area contributed by atoms with Crippen LogP contribution in [0.5, 0.6) is 23.0 Å². The van der Waals surface area contributed by atoms with E-state index in [0.29, 0.717) is 0 Å². The van der Waals surface area contributed by atoms with Crippen LogP contribution in [-0.2, 0) is 0 Å². The van der Waals surface area contributed by atoms with Gasteiger partial charge in [-0.15, -0.1) is 0 Å². The summed E-state index contributed by atoms with van der Waals surface area (Å²) in [4.78, 5) is 2.31. The molecule has 5 heteroatoms. The van der Waals surface area contributed by atoms with Crippen molar-refractivity contribution in [3.8, 4) is 34.1 Å². The summed E-state index contributed by atoms with van der Waals surface area (Å²) in [5.74, 6) is 3.34. The molecule has 1 aromatic heterocycles. The average molecular weight is 654 g/mol. The van der Waals surface area contributed by atoms with E-state index in [1.54, 1.807) is 0 Å². The van der Waals surface area contributed by atoms with Crippen LogP contribution in [0.1, 0.15) is 0 Å². The molecule has 0 spiro atoms. The molecule has 3 heterocycles. The summed E-state index contributed by atoms with van der Waals surface area (Å²) < 4.78 is 20.3. The van der Waals surface area contributed by atoms with Crippen molar-refractivity contribution in [2.45, 2.75) is 0 Å². The van der Waals surface area contributed by atoms with Crippen LogP contribution in [0.2, 0.25) is 0 Å². The maximum absolute atomic E-state index is 6.89. The van der Waals surface area contributed by atoms with E-state index in [0.717, 1.165) is 100 Å². The van der Waals surface area contributed by atoms with Crippen LogP contribution in [0.25, 0.3) is 43.8 Å². The van der Waals surface area contributed by atoms with Gasteiger partial charge >= 0.3 is 0 Å². The second-order valence-electron chi connectivity index (χ2n) is 13.2. The smallest absolute Gasteiger partial charge is 0.260 e. The van der Waals surface area contributed by atoms with Crippen molar-refractivity contribution >= 4 is 72.9 Å². The van der Waals surface area contributed by atoms with E-state index in [1.807, 2.05) is 12.1 Å². The van der Waals surface area contributed by atoms with Crippen LogP contribution < -0.4 is 30.8 Å². The van der Waals surface area contributed by atoms with Gasteiger partial charge in [-0.1, -0.05) is 109 Å². The van der Waals surface area contributed by atoms with Crippen molar-refractivity contribution in [1.29, 1.82) is 0 Å². The number of hydrogen-bond donors (Lipinski definition) is 0. The number of fused-ring (bicyclic) bond motifs is 9. The van der Waals surface area contributed by atoms with E-state index in [4.69, 9.17) is 13.9 Å². The molecule has 0 unspecified atom stereocenters. The second-order valence-corrected chi connectivity index (χ2v) is 13.2. The molecule has 51 heavy (non-hydrogen) atoms. The maximum atomic E-state index is 6.89. The van der Waals surface area contributed by atoms with Gasteiger partial charge in [0.15, 0.2) is 0 Å². The number of benzene rings is 8. The number of para-hydroxylation sites is 3. The highest BCUT2D eigenvalue weighted by atomic mass is 16.5. The predicted molar refractivity (Wildman–Crippen MR) is 209 cm³/mol. The molecule has 238 valence electrons. The highest BCUT2D eigenvalue weighted by Gasteiger charge is 2.41. The SMILES string of the molecule is c1ccc(-c2cc3c4c(c2)Oc2cc5c(cc2B4c2ccccc2O3)oc2cc(N(c3ccccc3)c3ccccc3)c3ccccc3c25)cc1. The van der Waals surface area contributed by atoms with Gasteiger partial charge in [0.2, 0.25) is 0 Å². The highest BCUT2D eigenvalue weighted by molar-refractivity contribution is 6.98. The van der Waals surface area contributed by atoms with Crippen molar-refractivity contribution in [1.82, 2.24) is 0 Å². The van der Waals surface area contributed by atoms with Gasteiger partial charge in [0.25, 0.3) is 6.71 Å². The largest absolute Gasteiger partial charge is 0.458 e. The van der Waals surface area contributed by atoms with Gasteiger partial charge in [0.1, 0.15) is 34.2 Å². The number of ether oxygens (including phenoxy) is 2. The van der Waals surface area contributed by atoms with Crippen LogP contribution in [0, 0.1) is 0 Å². The van der Waals surface area contributed by atoms with Crippen LogP contribution >= 0.6 is 0 Å². The molecule has 2 aliphatic heterocycles. The fourth-order valence-corrected chi connectivity index (χ4v) is 8.12. The first-order valence-electron chi connectivity index (χ1n) is 17.3. The minimum absolute atomic E-state index is 0.0647. The topological polar surface area (TPSA) is 34.8 Å². The number of rotatable bonds is 4. The Bertz CT molecular complexity index is 2770. The molecule has 0 N–H and O–H groups in total. The molecule has 11 rings (SSSR count). The summed E-state index contributed by atoms with van der Waals surface area (Å²) in [6.07, 6.45) is 0. The Kier molecular flexibility index (Phi) is 6.01. The number of anilines is 3. The van der Waals surface area contributed by atoms with Gasteiger partial charge in [-0.2, -0.15) is 0 Å². The lowest BCUT2D eigenvalue weighted by molar-refractivity contribution is 0.465. The van der Waals surface area contributed by atoms with E-state index in [2.05, 4.69) is 163 Å². The summed E-state index contributed by atoms with van der Waals surface area (Å²) in [5, 5.41) is 4.37. The first-order chi connectivity index (χ1) is 25.3. The quantitative estimate of drug-likeness (QED) is 0.177. The molecule has 0 aliphatic carbocycles. The second kappa shape index (κ2) is 10.9. The Morgan fingerprint density at radius 2 is 1.02 bits per heavy atom. The van der Waals surface area contributed by atoms with Crippen LogP contribution in [-0.4, -0.2) is 6.71 Å². The summed E-state index contributed by atoms with van der Waals surface area (Å²) in [7, 11) is 0. The fraction of sp³-hybridized carbons (Fsp3) is 0. The lowest BCUT2D eigenvalue weighted by Gasteiger charge is -2.33. The van der Waals surface area contributed by atoms with Gasteiger partial charge in [-0.05, 0) is 82.0 Å². The Morgan fingerprint density at radius 3 is 1.75 bits per heavy atom. The molecule has 0 saturated heterocycles. The first-order valence-corrected chi connectivity index (χ1v) is 17.3. The van der Waals surface area contributed by atoms with E-state index in [9.17, 15) is 0 Å².